The summed E-state index contributed by atoms with van der Waals surface area (Å²) < 4.78 is 0. The van der Waals surface area contributed by atoms with Crippen molar-refractivity contribution in [2.24, 2.45) is 0 Å². The van der Waals surface area contributed by atoms with E-state index < -0.39 is 0 Å². The second-order valence-electron chi connectivity index (χ2n) is 4.35. The van der Waals surface area contributed by atoms with Crippen molar-refractivity contribution in [2.45, 2.75) is 6.92 Å². The molecule has 1 heterocycles. The van der Waals surface area contributed by atoms with Gasteiger partial charge in [-0.05, 0) is 19.1 Å². The molecule has 3 heteroatoms. The van der Waals surface area contributed by atoms with Gasteiger partial charge >= 0.3 is 0 Å². The SMILES string of the molecule is Cc1ccc2nnc(-c3ccccc3)c(N)c2c1. The zero-order valence-corrected chi connectivity index (χ0v) is 10.1. The lowest BCUT2D eigenvalue weighted by Crippen LogP contribution is -1.98. The molecule has 0 bridgehead atoms. The summed E-state index contributed by atoms with van der Waals surface area (Å²) in [7, 11) is 0. The lowest BCUT2D eigenvalue weighted by molar-refractivity contribution is 1.08. The summed E-state index contributed by atoms with van der Waals surface area (Å²) in [4.78, 5) is 0. The first-order chi connectivity index (χ1) is 8.75. The van der Waals surface area contributed by atoms with E-state index in [4.69, 9.17) is 5.73 Å². The van der Waals surface area contributed by atoms with Crippen LogP contribution < -0.4 is 5.73 Å². The van der Waals surface area contributed by atoms with E-state index >= 15 is 0 Å². The first-order valence-corrected chi connectivity index (χ1v) is 5.83. The number of rotatable bonds is 1. The number of fused-ring (bicyclic) bond motifs is 1. The Kier molecular flexibility index (Phi) is 2.45. The molecule has 3 aromatic rings. The molecule has 0 aliphatic heterocycles. The zero-order valence-electron chi connectivity index (χ0n) is 10.1. The number of aryl methyl sites for hydroxylation is 1. The monoisotopic (exact) mass is 235 g/mol. The fraction of sp³-hybridized carbons (Fsp3) is 0.0667. The van der Waals surface area contributed by atoms with Gasteiger partial charge in [0.1, 0.15) is 5.69 Å². The molecule has 2 aromatic carbocycles. The Labute approximate surface area is 105 Å². The minimum atomic E-state index is 0.690. The highest BCUT2D eigenvalue weighted by Crippen LogP contribution is 2.29. The van der Waals surface area contributed by atoms with Gasteiger partial charge in [-0.15, -0.1) is 10.2 Å². The number of nitrogens with zero attached hydrogens (tertiary/aromatic N) is 2. The van der Waals surface area contributed by atoms with E-state index in [1.165, 1.54) is 5.56 Å². The van der Waals surface area contributed by atoms with Crippen LogP contribution in [0.15, 0.2) is 48.5 Å². The topological polar surface area (TPSA) is 51.8 Å². The van der Waals surface area contributed by atoms with Crippen LogP contribution in [0.5, 0.6) is 0 Å². The smallest absolute Gasteiger partial charge is 0.116 e. The lowest BCUT2D eigenvalue weighted by atomic mass is 10.1. The molecule has 0 amide bonds. The fourth-order valence-corrected chi connectivity index (χ4v) is 2.05. The number of anilines is 1. The highest BCUT2D eigenvalue weighted by molar-refractivity contribution is 5.96. The van der Waals surface area contributed by atoms with Gasteiger partial charge in [-0.1, -0.05) is 42.0 Å². The number of benzene rings is 2. The minimum Gasteiger partial charge on any atom is -0.396 e. The number of hydrogen-bond acceptors (Lipinski definition) is 3. The van der Waals surface area contributed by atoms with E-state index in [-0.39, 0.29) is 0 Å². The summed E-state index contributed by atoms with van der Waals surface area (Å²) in [6, 6.07) is 15.9. The summed E-state index contributed by atoms with van der Waals surface area (Å²) in [6.45, 7) is 2.04. The van der Waals surface area contributed by atoms with Crippen molar-refractivity contribution in [3.8, 4) is 11.3 Å². The molecule has 88 valence electrons. The van der Waals surface area contributed by atoms with Crippen molar-refractivity contribution in [1.82, 2.24) is 10.2 Å². The predicted octanol–water partition coefficient (Wildman–Crippen LogP) is 3.19. The van der Waals surface area contributed by atoms with Crippen LogP contribution in [0, 0.1) is 6.92 Å². The molecular weight excluding hydrogens is 222 g/mol. The molecule has 0 radical (unpaired) electrons. The maximum Gasteiger partial charge on any atom is 0.116 e. The maximum absolute atomic E-state index is 6.22. The van der Waals surface area contributed by atoms with E-state index in [9.17, 15) is 0 Å². The molecule has 0 atom stereocenters. The van der Waals surface area contributed by atoms with E-state index in [1.54, 1.807) is 0 Å². The Morgan fingerprint density at radius 1 is 0.944 bits per heavy atom. The largest absolute Gasteiger partial charge is 0.396 e. The average Bonchev–Trinajstić information content (AvgIpc) is 2.41. The fourth-order valence-electron chi connectivity index (χ4n) is 2.05. The molecule has 0 unspecified atom stereocenters. The second-order valence-corrected chi connectivity index (χ2v) is 4.35. The van der Waals surface area contributed by atoms with Crippen LogP contribution in [-0.2, 0) is 0 Å². The molecule has 0 aliphatic rings. The highest BCUT2D eigenvalue weighted by Gasteiger charge is 2.09. The Hall–Kier alpha value is -2.42. The third-order valence-electron chi connectivity index (χ3n) is 3.00. The number of nitrogen functional groups attached to an aromatic ring is 1. The number of nitrogens with two attached hydrogens (primary N) is 1. The molecule has 0 fully saturated rings. The summed E-state index contributed by atoms with van der Waals surface area (Å²) >= 11 is 0. The Morgan fingerprint density at radius 2 is 1.72 bits per heavy atom. The van der Waals surface area contributed by atoms with Crippen LogP contribution in [0.2, 0.25) is 0 Å². The van der Waals surface area contributed by atoms with Gasteiger partial charge in [0, 0.05) is 10.9 Å². The maximum atomic E-state index is 6.22. The molecule has 0 aliphatic carbocycles. The van der Waals surface area contributed by atoms with Gasteiger partial charge in [-0.2, -0.15) is 0 Å². The predicted molar refractivity (Wildman–Crippen MR) is 74.1 cm³/mol. The van der Waals surface area contributed by atoms with Crippen molar-refractivity contribution in [3.05, 3.63) is 54.1 Å². The molecule has 1 aromatic heterocycles. The van der Waals surface area contributed by atoms with Gasteiger partial charge in [0.05, 0.1) is 11.2 Å². The Bertz CT molecular complexity index is 706. The Balaban J connectivity index is 2.29. The van der Waals surface area contributed by atoms with Crippen LogP contribution in [0.3, 0.4) is 0 Å². The van der Waals surface area contributed by atoms with Crippen molar-refractivity contribution in [3.63, 3.8) is 0 Å². The summed E-state index contributed by atoms with van der Waals surface area (Å²) in [6.07, 6.45) is 0. The summed E-state index contributed by atoms with van der Waals surface area (Å²) in [5, 5.41) is 9.42. The average molecular weight is 235 g/mol. The van der Waals surface area contributed by atoms with Gasteiger partial charge in [-0.3, -0.25) is 0 Å². The van der Waals surface area contributed by atoms with E-state index in [2.05, 4.69) is 10.2 Å². The highest BCUT2D eigenvalue weighted by atomic mass is 15.1. The van der Waals surface area contributed by atoms with Crippen LogP contribution >= 0.6 is 0 Å². The normalized spacial score (nSPS) is 10.7. The quantitative estimate of drug-likeness (QED) is 0.704. The molecule has 0 saturated heterocycles. The van der Waals surface area contributed by atoms with Crippen molar-refractivity contribution in [2.75, 3.05) is 5.73 Å². The molecule has 3 nitrogen and oxygen atoms in total. The van der Waals surface area contributed by atoms with Crippen molar-refractivity contribution in [1.29, 1.82) is 0 Å². The van der Waals surface area contributed by atoms with E-state index in [0.29, 0.717) is 5.69 Å². The van der Waals surface area contributed by atoms with E-state index in [1.807, 2.05) is 55.5 Å². The molecule has 3 rings (SSSR count). The number of aromatic nitrogens is 2. The van der Waals surface area contributed by atoms with Gasteiger partial charge in [0.15, 0.2) is 0 Å². The van der Waals surface area contributed by atoms with Gasteiger partial charge < -0.3 is 5.73 Å². The molecule has 18 heavy (non-hydrogen) atoms. The third kappa shape index (κ3) is 1.70. The summed E-state index contributed by atoms with van der Waals surface area (Å²) in [5.74, 6) is 0. The van der Waals surface area contributed by atoms with Crippen LogP contribution in [0.4, 0.5) is 5.69 Å². The molecule has 2 N–H and O–H groups in total. The standard InChI is InChI=1S/C15H13N3/c1-10-7-8-13-12(9-10)14(16)15(18-17-13)11-5-3-2-4-6-11/h2-9H,1H3,(H2,16,17). The van der Waals surface area contributed by atoms with Gasteiger partial charge in [0.2, 0.25) is 0 Å². The number of hydrogen-bond donors (Lipinski definition) is 1. The van der Waals surface area contributed by atoms with Crippen LogP contribution in [-0.4, -0.2) is 10.2 Å². The van der Waals surface area contributed by atoms with Gasteiger partial charge in [-0.25, -0.2) is 0 Å². The minimum absolute atomic E-state index is 0.690. The first kappa shape index (κ1) is 10.7. The van der Waals surface area contributed by atoms with Crippen LogP contribution in [0.25, 0.3) is 22.2 Å². The van der Waals surface area contributed by atoms with Crippen molar-refractivity contribution < 1.29 is 0 Å². The first-order valence-electron chi connectivity index (χ1n) is 5.83. The third-order valence-corrected chi connectivity index (χ3v) is 3.00. The molecule has 0 saturated carbocycles. The summed E-state index contributed by atoms with van der Waals surface area (Å²) in [5.41, 5.74) is 10.6. The Morgan fingerprint density at radius 3 is 2.50 bits per heavy atom. The van der Waals surface area contributed by atoms with Gasteiger partial charge in [0.25, 0.3) is 0 Å². The van der Waals surface area contributed by atoms with Crippen LogP contribution in [0.1, 0.15) is 5.56 Å². The molecular formula is C15H13N3. The lowest BCUT2D eigenvalue weighted by Gasteiger charge is -2.07. The van der Waals surface area contributed by atoms with E-state index in [0.717, 1.165) is 22.2 Å². The van der Waals surface area contributed by atoms with Crippen molar-refractivity contribution >= 4 is 16.6 Å². The second kappa shape index (κ2) is 4.11. The molecule has 0 spiro atoms. The zero-order chi connectivity index (χ0) is 12.5.